The van der Waals surface area contributed by atoms with Crippen molar-refractivity contribution in [2.45, 2.75) is 31.7 Å². The second kappa shape index (κ2) is 5.32. The van der Waals surface area contributed by atoms with Crippen molar-refractivity contribution in [3.63, 3.8) is 0 Å². The number of hydrogen-bond acceptors (Lipinski definition) is 3. The summed E-state index contributed by atoms with van der Waals surface area (Å²) in [6, 6.07) is 8.34. The van der Waals surface area contributed by atoms with E-state index < -0.39 is 0 Å². The van der Waals surface area contributed by atoms with Gasteiger partial charge in [0, 0.05) is 5.56 Å². The number of nitrogens with one attached hydrogen (secondary N) is 1. The van der Waals surface area contributed by atoms with Crippen LogP contribution < -0.4 is 16.0 Å². The molecule has 1 aliphatic carbocycles. The maximum absolute atomic E-state index is 5.70. The predicted molar refractivity (Wildman–Crippen MR) is 65.0 cm³/mol. The van der Waals surface area contributed by atoms with Gasteiger partial charge in [-0.05, 0) is 24.8 Å². The van der Waals surface area contributed by atoms with Crippen molar-refractivity contribution < 1.29 is 4.74 Å². The zero-order valence-corrected chi connectivity index (χ0v) is 9.78. The van der Waals surface area contributed by atoms with E-state index in [1.54, 1.807) is 7.11 Å². The minimum Gasteiger partial charge on any atom is -0.496 e. The van der Waals surface area contributed by atoms with Crippen molar-refractivity contribution in [1.82, 2.24) is 5.43 Å². The Bertz CT molecular complexity index is 334. The van der Waals surface area contributed by atoms with Crippen molar-refractivity contribution in [3.8, 4) is 5.75 Å². The number of para-hydroxylation sites is 1. The van der Waals surface area contributed by atoms with E-state index >= 15 is 0 Å². The molecule has 0 bridgehead atoms. The molecule has 1 aromatic carbocycles. The van der Waals surface area contributed by atoms with Crippen LogP contribution in [0.15, 0.2) is 24.3 Å². The Kier molecular flexibility index (Phi) is 3.80. The number of benzene rings is 1. The van der Waals surface area contributed by atoms with Crippen molar-refractivity contribution >= 4 is 0 Å². The Morgan fingerprint density at radius 1 is 1.31 bits per heavy atom. The highest BCUT2D eigenvalue weighted by Gasteiger charge is 2.27. The Balaban J connectivity index is 2.24. The molecule has 1 fully saturated rings. The molecular formula is C13H20N2O. The third-order valence-corrected chi connectivity index (χ3v) is 3.52. The maximum atomic E-state index is 5.70. The Hall–Kier alpha value is -1.06. The Morgan fingerprint density at radius 2 is 2.00 bits per heavy atom. The van der Waals surface area contributed by atoms with E-state index in [1.807, 2.05) is 18.2 Å². The summed E-state index contributed by atoms with van der Waals surface area (Å²) in [5.41, 5.74) is 4.14. The molecule has 1 saturated carbocycles. The molecule has 3 heteroatoms. The minimum atomic E-state index is 0.221. The summed E-state index contributed by atoms with van der Waals surface area (Å²) in [6.45, 7) is 0. The van der Waals surface area contributed by atoms with Crippen LogP contribution in [0.4, 0.5) is 0 Å². The lowest BCUT2D eigenvalue weighted by molar-refractivity contribution is 0.348. The molecule has 0 radical (unpaired) electrons. The van der Waals surface area contributed by atoms with Crippen LogP contribution in [0.25, 0.3) is 0 Å². The lowest BCUT2D eigenvalue weighted by Gasteiger charge is -2.24. The van der Waals surface area contributed by atoms with Crippen LogP contribution in [0.1, 0.15) is 37.3 Å². The van der Waals surface area contributed by atoms with Gasteiger partial charge in [-0.1, -0.05) is 31.0 Å². The summed E-state index contributed by atoms with van der Waals surface area (Å²) >= 11 is 0. The first kappa shape index (κ1) is 11.4. The number of hydrogen-bond donors (Lipinski definition) is 2. The van der Waals surface area contributed by atoms with Crippen LogP contribution in [-0.2, 0) is 0 Å². The van der Waals surface area contributed by atoms with Crippen molar-refractivity contribution in [2.75, 3.05) is 7.11 Å². The largest absolute Gasteiger partial charge is 0.496 e. The predicted octanol–water partition coefficient (Wildman–Crippen LogP) is 2.39. The summed E-state index contributed by atoms with van der Waals surface area (Å²) in [5, 5.41) is 0. The first-order valence-corrected chi connectivity index (χ1v) is 5.96. The second-order valence-electron chi connectivity index (χ2n) is 4.43. The summed E-state index contributed by atoms with van der Waals surface area (Å²) < 4.78 is 5.39. The standard InChI is InChI=1S/C13H20N2O/c1-16-12-9-5-4-8-11(12)13(15-14)10-6-2-3-7-10/h4-5,8-10,13,15H,2-3,6-7,14H2,1H3. The first-order chi connectivity index (χ1) is 7.86. The summed E-state index contributed by atoms with van der Waals surface area (Å²) in [6.07, 6.45) is 5.15. The molecule has 3 nitrogen and oxygen atoms in total. The highest BCUT2D eigenvalue weighted by Crippen LogP contribution is 2.38. The molecule has 1 aromatic rings. The highest BCUT2D eigenvalue weighted by atomic mass is 16.5. The summed E-state index contributed by atoms with van der Waals surface area (Å²) in [5.74, 6) is 7.27. The molecule has 0 spiro atoms. The fourth-order valence-corrected chi connectivity index (χ4v) is 2.69. The molecule has 1 unspecified atom stereocenters. The number of ether oxygens (including phenoxy) is 1. The fourth-order valence-electron chi connectivity index (χ4n) is 2.69. The number of rotatable bonds is 4. The SMILES string of the molecule is COc1ccccc1C(NN)C1CCCC1. The van der Waals surface area contributed by atoms with Crippen LogP contribution in [0.2, 0.25) is 0 Å². The van der Waals surface area contributed by atoms with Crippen molar-refractivity contribution in [3.05, 3.63) is 29.8 Å². The number of methoxy groups -OCH3 is 1. The van der Waals surface area contributed by atoms with Crippen LogP contribution in [0.3, 0.4) is 0 Å². The average Bonchev–Trinajstić information content (AvgIpc) is 2.84. The first-order valence-electron chi connectivity index (χ1n) is 5.96. The van der Waals surface area contributed by atoms with Gasteiger partial charge in [-0.3, -0.25) is 11.3 Å². The van der Waals surface area contributed by atoms with Gasteiger partial charge in [-0.25, -0.2) is 0 Å². The van der Waals surface area contributed by atoms with Gasteiger partial charge < -0.3 is 4.74 Å². The van der Waals surface area contributed by atoms with Crippen LogP contribution in [-0.4, -0.2) is 7.11 Å². The van der Waals surface area contributed by atoms with Gasteiger partial charge in [0.1, 0.15) is 5.75 Å². The molecule has 1 aliphatic rings. The molecule has 0 aliphatic heterocycles. The number of nitrogens with two attached hydrogens (primary N) is 1. The molecule has 3 N–H and O–H groups in total. The monoisotopic (exact) mass is 220 g/mol. The Labute approximate surface area is 97.0 Å². The third-order valence-electron chi connectivity index (χ3n) is 3.52. The van der Waals surface area contributed by atoms with E-state index in [-0.39, 0.29) is 6.04 Å². The smallest absolute Gasteiger partial charge is 0.123 e. The van der Waals surface area contributed by atoms with E-state index in [4.69, 9.17) is 10.6 Å². The van der Waals surface area contributed by atoms with Crippen LogP contribution in [0, 0.1) is 5.92 Å². The van der Waals surface area contributed by atoms with Crippen LogP contribution in [0.5, 0.6) is 5.75 Å². The van der Waals surface area contributed by atoms with E-state index in [0.717, 1.165) is 5.75 Å². The quantitative estimate of drug-likeness (QED) is 0.605. The molecule has 16 heavy (non-hydrogen) atoms. The van der Waals surface area contributed by atoms with E-state index in [1.165, 1.54) is 31.2 Å². The van der Waals surface area contributed by atoms with Gasteiger partial charge in [0.05, 0.1) is 13.2 Å². The zero-order chi connectivity index (χ0) is 11.4. The zero-order valence-electron chi connectivity index (χ0n) is 9.78. The lowest BCUT2D eigenvalue weighted by Crippen LogP contribution is -2.32. The maximum Gasteiger partial charge on any atom is 0.123 e. The Morgan fingerprint density at radius 3 is 2.62 bits per heavy atom. The molecule has 1 atom stereocenters. The third kappa shape index (κ3) is 2.20. The van der Waals surface area contributed by atoms with Crippen molar-refractivity contribution in [2.24, 2.45) is 11.8 Å². The van der Waals surface area contributed by atoms with Crippen molar-refractivity contribution in [1.29, 1.82) is 0 Å². The molecule has 0 amide bonds. The van der Waals surface area contributed by atoms with Gasteiger partial charge in [0.25, 0.3) is 0 Å². The average molecular weight is 220 g/mol. The van der Waals surface area contributed by atoms with Gasteiger partial charge in [0.2, 0.25) is 0 Å². The van der Waals surface area contributed by atoms with Crippen LogP contribution >= 0.6 is 0 Å². The van der Waals surface area contributed by atoms with Gasteiger partial charge in [0.15, 0.2) is 0 Å². The molecule has 0 aromatic heterocycles. The molecule has 88 valence electrons. The topological polar surface area (TPSA) is 47.3 Å². The molecule has 0 saturated heterocycles. The van der Waals surface area contributed by atoms with E-state index in [0.29, 0.717) is 5.92 Å². The molecule has 2 rings (SSSR count). The van der Waals surface area contributed by atoms with Gasteiger partial charge >= 0.3 is 0 Å². The summed E-state index contributed by atoms with van der Waals surface area (Å²) in [4.78, 5) is 0. The second-order valence-corrected chi connectivity index (χ2v) is 4.43. The van der Waals surface area contributed by atoms with E-state index in [9.17, 15) is 0 Å². The summed E-state index contributed by atoms with van der Waals surface area (Å²) in [7, 11) is 1.71. The highest BCUT2D eigenvalue weighted by molar-refractivity contribution is 5.36. The van der Waals surface area contributed by atoms with Gasteiger partial charge in [-0.2, -0.15) is 0 Å². The lowest BCUT2D eigenvalue weighted by atomic mass is 9.91. The fraction of sp³-hybridized carbons (Fsp3) is 0.538. The van der Waals surface area contributed by atoms with Gasteiger partial charge in [-0.15, -0.1) is 0 Å². The molecule has 0 heterocycles. The minimum absolute atomic E-state index is 0.221. The molecular weight excluding hydrogens is 200 g/mol. The normalized spacial score (nSPS) is 18.6. The number of hydrazine groups is 1. The van der Waals surface area contributed by atoms with E-state index in [2.05, 4.69) is 11.5 Å².